The monoisotopic (exact) mass is 330 g/mol. The van der Waals surface area contributed by atoms with Crippen LogP contribution in [0.25, 0.3) is 0 Å². The Morgan fingerprint density at radius 2 is 2.12 bits per heavy atom. The number of amides is 1. The molecule has 0 radical (unpaired) electrons. The Labute approximate surface area is 141 Å². The maximum Gasteiger partial charge on any atom is 0.272 e. The van der Waals surface area contributed by atoms with Gasteiger partial charge in [0.2, 0.25) is 0 Å². The molecule has 1 aromatic carbocycles. The average molecular weight is 330 g/mol. The Balaban J connectivity index is 1.69. The third kappa shape index (κ3) is 3.42. The zero-order valence-electron chi connectivity index (χ0n) is 14.3. The van der Waals surface area contributed by atoms with E-state index in [1.807, 2.05) is 33.2 Å². The molecule has 1 saturated heterocycles. The Bertz CT molecular complexity index is 755. The Morgan fingerprint density at radius 1 is 1.33 bits per heavy atom. The molecule has 24 heavy (non-hydrogen) atoms. The van der Waals surface area contributed by atoms with Crippen LogP contribution in [0.4, 0.5) is 10.1 Å². The molecule has 0 aliphatic carbocycles. The molecule has 1 aliphatic rings. The second kappa shape index (κ2) is 6.63. The number of carbonyl (C=O) groups is 1. The van der Waals surface area contributed by atoms with Crippen LogP contribution in [-0.4, -0.2) is 34.8 Å². The van der Waals surface area contributed by atoms with Crippen LogP contribution in [0.1, 0.15) is 34.5 Å². The second-order valence-electron chi connectivity index (χ2n) is 6.52. The number of aromatic nitrogens is 2. The average Bonchev–Trinajstić information content (AvgIpc) is 2.86. The van der Waals surface area contributed by atoms with Crippen LogP contribution in [0.15, 0.2) is 24.4 Å². The van der Waals surface area contributed by atoms with E-state index in [1.165, 1.54) is 6.07 Å². The van der Waals surface area contributed by atoms with E-state index in [-0.39, 0.29) is 17.8 Å². The van der Waals surface area contributed by atoms with Crippen molar-refractivity contribution in [3.05, 3.63) is 47.0 Å². The molecule has 128 valence electrons. The number of benzene rings is 1. The molecule has 0 saturated carbocycles. The second-order valence-corrected chi connectivity index (χ2v) is 6.52. The fraction of sp³-hybridized carbons (Fsp3) is 0.444. The van der Waals surface area contributed by atoms with Crippen molar-refractivity contribution < 1.29 is 9.18 Å². The predicted molar refractivity (Wildman–Crippen MR) is 91.8 cm³/mol. The number of nitrogens with one attached hydrogen (secondary N) is 1. The summed E-state index contributed by atoms with van der Waals surface area (Å²) in [7, 11) is 1.81. The summed E-state index contributed by atoms with van der Waals surface area (Å²) < 4.78 is 15.0. The summed E-state index contributed by atoms with van der Waals surface area (Å²) in [6.45, 7) is 5.44. The number of hydrogen-bond acceptors (Lipinski definition) is 3. The summed E-state index contributed by atoms with van der Waals surface area (Å²) >= 11 is 0. The van der Waals surface area contributed by atoms with Crippen molar-refractivity contribution in [3.8, 4) is 0 Å². The fourth-order valence-corrected chi connectivity index (χ4v) is 3.37. The van der Waals surface area contributed by atoms with Gasteiger partial charge in [0.1, 0.15) is 5.82 Å². The number of anilines is 1. The molecule has 1 N–H and O–H groups in total. The summed E-state index contributed by atoms with van der Waals surface area (Å²) in [5.74, 6) is -0.348. The Morgan fingerprint density at radius 3 is 2.79 bits per heavy atom. The van der Waals surface area contributed by atoms with E-state index in [2.05, 4.69) is 15.3 Å². The molecule has 0 bridgehead atoms. The van der Waals surface area contributed by atoms with Crippen molar-refractivity contribution in [2.75, 3.05) is 18.0 Å². The van der Waals surface area contributed by atoms with Gasteiger partial charge >= 0.3 is 0 Å². The topological polar surface area (TPSA) is 50.2 Å². The number of hydrogen-bond donors (Lipinski definition) is 1. The third-order valence-corrected chi connectivity index (χ3v) is 4.48. The van der Waals surface area contributed by atoms with Gasteiger partial charge in [-0.15, -0.1) is 0 Å². The van der Waals surface area contributed by atoms with Gasteiger partial charge in [0.05, 0.1) is 0 Å². The van der Waals surface area contributed by atoms with Crippen LogP contribution in [0.5, 0.6) is 0 Å². The highest BCUT2D eigenvalue weighted by Crippen LogP contribution is 2.24. The van der Waals surface area contributed by atoms with E-state index in [4.69, 9.17) is 0 Å². The summed E-state index contributed by atoms with van der Waals surface area (Å²) in [5, 5.41) is 7.32. The largest absolute Gasteiger partial charge is 0.369 e. The molecule has 1 aliphatic heterocycles. The summed E-state index contributed by atoms with van der Waals surface area (Å²) in [6, 6.07) is 4.92. The van der Waals surface area contributed by atoms with Crippen LogP contribution >= 0.6 is 0 Å². The van der Waals surface area contributed by atoms with Crippen LogP contribution in [0.3, 0.4) is 0 Å². The highest BCUT2D eigenvalue weighted by atomic mass is 19.1. The molecule has 1 aromatic heterocycles. The Kier molecular flexibility index (Phi) is 4.55. The molecule has 6 heteroatoms. The van der Waals surface area contributed by atoms with E-state index >= 15 is 0 Å². The van der Waals surface area contributed by atoms with E-state index in [1.54, 1.807) is 10.7 Å². The fourth-order valence-electron chi connectivity index (χ4n) is 3.37. The lowest BCUT2D eigenvalue weighted by Gasteiger charge is -2.35. The third-order valence-electron chi connectivity index (χ3n) is 4.48. The summed E-state index contributed by atoms with van der Waals surface area (Å²) in [6.07, 6.45) is 3.77. The quantitative estimate of drug-likeness (QED) is 0.941. The molecular weight excluding hydrogens is 307 g/mol. The maximum atomic E-state index is 13.3. The van der Waals surface area contributed by atoms with Gasteiger partial charge in [-0.3, -0.25) is 9.48 Å². The van der Waals surface area contributed by atoms with Crippen molar-refractivity contribution in [1.82, 2.24) is 15.1 Å². The number of halogens is 1. The molecular formula is C18H23FN4O. The van der Waals surface area contributed by atoms with E-state index in [9.17, 15) is 9.18 Å². The lowest BCUT2D eigenvalue weighted by molar-refractivity contribution is 0.0927. The standard InChI is InChI=1S/C18H23FN4O/c1-12-9-14(19)6-7-16(12)23-8-4-5-15(11-23)20-18(24)17-13(2)10-22(3)21-17/h6-7,9-10,15H,4-5,8,11H2,1-3H3,(H,20,24). The van der Waals surface area contributed by atoms with Crippen molar-refractivity contribution in [2.45, 2.75) is 32.7 Å². The van der Waals surface area contributed by atoms with Gasteiger partial charge in [-0.25, -0.2) is 4.39 Å². The number of aryl methyl sites for hydroxylation is 3. The maximum absolute atomic E-state index is 13.3. The SMILES string of the molecule is Cc1cc(F)ccc1N1CCCC(NC(=O)c2nn(C)cc2C)C1. The first-order chi connectivity index (χ1) is 11.4. The van der Waals surface area contributed by atoms with Crippen LogP contribution in [0.2, 0.25) is 0 Å². The first kappa shape index (κ1) is 16.5. The van der Waals surface area contributed by atoms with Crippen molar-refractivity contribution >= 4 is 11.6 Å². The van der Waals surface area contributed by atoms with Gasteiger partial charge < -0.3 is 10.2 Å². The molecule has 2 heterocycles. The lowest BCUT2D eigenvalue weighted by atomic mass is 10.0. The minimum atomic E-state index is -0.219. The highest BCUT2D eigenvalue weighted by molar-refractivity contribution is 5.93. The molecule has 2 aromatic rings. The molecule has 5 nitrogen and oxygen atoms in total. The zero-order chi connectivity index (χ0) is 17.3. The van der Waals surface area contributed by atoms with Gasteiger partial charge in [-0.1, -0.05) is 0 Å². The zero-order valence-corrected chi connectivity index (χ0v) is 14.3. The number of nitrogens with zero attached hydrogens (tertiary/aromatic N) is 3. The molecule has 3 rings (SSSR count). The van der Waals surface area contributed by atoms with Gasteiger partial charge in [0.15, 0.2) is 5.69 Å². The van der Waals surface area contributed by atoms with Crippen LogP contribution in [-0.2, 0) is 7.05 Å². The minimum Gasteiger partial charge on any atom is -0.369 e. The molecule has 1 atom stereocenters. The van der Waals surface area contributed by atoms with Crippen molar-refractivity contribution in [3.63, 3.8) is 0 Å². The van der Waals surface area contributed by atoms with Gasteiger partial charge in [0, 0.05) is 43.6 Å². The predicted octanol–water partition coefficient (Wildman–Crippen LogP) is 2.57. The van der Waals surface area contributed by atoms with Crippen molar-refractivity contribution in [1.29, 1.82) is 0 Å². The van der Waals surface area contributed by atoms with Crippen LogP contribution in [0, 0.1) is 19.7 Å². The normalized spacial score (nSPS) is 17.8. The van der Waals surface area contributed by atoms with E-state index < -0.39 is 0 Å². The molecule has 1 amide bonds. The number of carbonyl (C=O) groups excluding carboxylic acids is 1. The Hall–Kier alpha value is -2.37. The first-order valence-corrected chi connectivity index (χ1v) is 8.26. The summed E-state index contributed by atoms with van der Waals surface area (Å²) in [4.78, 5) is 14.7. The van der Waals surface area contributed by atoms with Gasteiger partial charge in [0.25, 0.3) is 5.91 Å². The minimum absolute atomic E-state index is 0.0668. The van der Waals surface area contributed by atoms with Gasteiger partial charge in [-0.05, 0) is 50.5 Å². The summed E-state index contributed by atoms with van der Waals surface area (Å²) in [5.41, 5.74) is 3.30. The molecule has 1 fully saturated rings. The van der Waals surface area contributed by atoms with E-state index in [0.29, 0.717) is 5.69 Å². The molecule has 1 unspecified atom stereocenters. The molecule has 0 spiro atoms. The highest BCUT2D eigenvalue weighted by Gasteiger charge is 2.24. The smallest absolute Gasteiger partial charge is 0.272 e. The van der Waals surface area contributed by atoms with Crippen LogP contribution < -0.4 is 10.2 Å². The number of piperidine rings is 1. The lowest BCUT2D eigenvalue weighted by Crippen LogP contribution is -2.48. The van der Waals surface area contributed by atoms with Gasteiger partial charge in [-0.2, -0.15) is 5.10 Å². The van der Waals surface area contributed by atoms with Crippen molar-refractivity contribution in [2.24, 2.45) is 7.05 Å². The first-order valence-electron chi connectivity index (χ1n) is 8.26. The number of rotatable bonds is 3. The van der Waals surface area contributed by atoms with E-state index in [0.717, 1.165) is 42.7 Å².